The molecule has 3 atom stereocenters. The minimum atomic E-state index is -5.08. The summed E-state index contributed by atoms with van der Waals surface area (Å²) in [5.74, 6) is -1.62. The van der Waals surface area contributed by atoms with Crippen LogP contribution in [0.4, 0.5) is 13.2 Å². The van der Waals surface area contributed by atoms with Crippen LogP contribution in [0.5, 0.6) is 0 Å². The van der Waals surface area contributed by atoms with Gasteiger partial charge in [0.15, 0.2) is 0 Å². The van der Waals surface area contributed by atoms with E-state index in [0.717, 1.165) is 25.9 Å². The van der Waals surface area contributed by atoms with Gasteiger partial charge in [-0.25, -0.2) is 4.79 Å². The van der Waals surface area contributed by atoms with Crippen molar-refractivity contribution >= 4 is 11.9 Å². The molecular formula is C14H25F3N2O3. The van der Waals surface area contributed by atoms with E-state index in [1.165, 1.54) is 6.42 Å². The summed E-state index contributed by atoms with van der Waals surface area (Å²) in [7, 11) is 0. The number of alkyl halides is 3. The molecule has 0 saturated carbocycles. The zero-order valence-electron chi connectivity index (χ0n) is 13.2. The van der Waals surface area contributed by atoms with Crippen LogP contribution in [-0.2, 0) is 9.59 Å². The van der Waals surface area contributed by atoms with E-state index in [9.17, 15) is 18.0 Å². The molecule has 3 N–H and O–H groups in total. The van der Waals surface area contributed by atoms with E-state index in [0.29, 0.717) is 5.92 Å². The Morgan fingerprint density at radius 3 is 2.18 bits per heavy atom. The van der Waals surface area contributed by atoms with Crippen molar-refractivity contribution in [3.8, 4) is 0 Å². The SMILES string of the molecule is CCC1CCN(C(=O)[C@@H](N)[C@H](C)CC)C1.O=C(O)C(F)(F)F. The zero-order chi connectivity index (χ0) is 17.5. The molecule has 130 valence electrons. The third kappa shape index (κ3) is 6.64. The Kier molecular flexibility index (Phi) is 8.44. The highest BCUT2D eigenvalue weighted by Gasteiger charge is 2.38. The summed E-state index contributed by atoms with van der Waals surface area (Å²) >= 11 is 0. The Hall–Kier alpha value is -1.31. The van der Waals surface area contributed by atoms with Gasteiger partial charge >= 0.3 is 12.1 Å². The molecule has 1 fully saturated rings. The Morgan fingerprint density at radius 1 is 1.36 bits per heavy atom. The first-order chi connectivity index (χ1) is 10.0. The number of carbonyl (C=O) groups is 2. The van der Waals surface area contributed by atoms with Gasteiger partial charge in [-0.1, -0.05) is 33.6 Å². The molecule has 0 aromatic carbocycles. The smallest absolute Gasteiger partial charge is 0.475 e. The second-order valence-corrected chi connectivity index (χ2v) is 5.56. The van der Waals surface area contributed by atoms with E-state index < -0.39 is 12.1 Å². The van der Waals surface area contributed by atoms with Crippen molar-refractivity contribution in [2.45, 2.75) is 52.3 Å². The van der Waals surface area contributed by atoms with Crippen LogP contribution in [0.2, 0.25) is 0 Å². The summed E-state index contributed by atoms with van der Waals surface area (Å²) in [6.07, 6.45) is -1.80. The first kappa shape index (κ1) is 20.7. The van der Waals surface area contributed by atoms with E-state index >= 15 is 0 Å². The third-order valence-electron chi connectivity index (χ3n) is 3.96. The number of halogens is 3. The molecule has 0 aromatic rings. The molecule has 0 spiro atoms. The minimum absolute atomic E-state index is 0.153. The quantitative estimate of drug-likeness (QED) is 0.830. The maximum Gasteiger partial charge on any atom is 0.490 e. The summed E-state index contributed by atoms with van der Waals surface area (Å²) in [6.45, 7) is 8.14. The summed E-state index contributed by atoms with van der Waals surface area (Å²) < 4.78 is 31.7. The van der Waals surface area contributed by atoms with Gasteiger partial charge in [0.05, 0.1) is 6.04 Å². The summed E-state index contributed by atoms with van der Waals surface area (Å²) in [6, 6.07) is -0.300. The average molecular weight is 326 g/mol. The lowest BCUT2D eigenvalue weighted by atomic mass is 9.99. The normalized spacial score (nSPS) is 20.9. The van der Waals surface area contributed by atoms with Crippen LogP contribution in [0.3, 0.4) is 0 Å². The van der Waals surface area contributed by atoms with Crippen molar-refractivity contribution in [3.05, 3.63) is 0 Å². The number of carbonyl (C=O) groups excluding carboxylic acids is 1. The molecule has 22 heavy (non-hydrogen) atoms. The molecule has 1 rings (SSSR count). The van der Waals surface area contributed by atoms with Gasteiger partial charge in [-0.15, -0.1) is 0 Å². The average Bonchev–Trinajstić information content (AvgIpc) is 2.93. The number of hydrogen-bond acceptors (Lipinski definition) is 3. The predicted molar refractivity (Wildman–Crippen MR) is 76.1 cm³/mol. The van der Waals surface area contributed by atoms with Gasteiger partial charge in [-0.3, -0.25) is 4.79 Å². The highest BCUT2D eigenvalue weighted by molar-refractivity contribution is 5.82. The number of aliphatic carboxylic acids is 1. The summed E-state index contributed by atoms with van der Waals surface area (Å²) in [4.78, 5) is 22.9. The van der Waals surface area contributed by atoms with E-state index in [4.69, 9.17) is 15.6 Å². The van der Waals surface area contributed by atoms with Crippen molar-refractivity contribution in [2.24, 2.45) is 17.6 Å². The molecule has 0 bridgehead atoms. The fourth-order valence-corrected chi connectivity index (χ4v) is 2.07. The molecule has 8 heteroatoms. The van der Waals surface area contributed by atoms with Crippen molar-refractivity contribution in [3.63, 3.8) is 0 Å². The monoisotopic (exact) mass is 326 g/mol. The summed E-state index contributed by atoms with van der Waals surface area (Å²) in [5, 5.41) is 7.12. The summed E-state index contributed by atoms with van der Waals surface area (Å²) in [5.41, 5.74) is 5.95. The molecule has 0 aliphatic carbocycles. The fourth-order valence-electron chi connectivity index (χ4n) is 2.07. The van der Waals surface area contributed by atoms with Crippen molar-refractivity contribution in [1.82, 2.24) is 4.90 Å². The van der Waals surface area contributed by atoms with Crippen LogP contribution < -0.4 is 5.73 Å². The van der Waals surface area contributed by atoms with E-state index in [-0.39, 0.29) is 17.9 Å². The number of carboxylic acid groups (broad SMARTS) is 1. The number of carboxylic acids is 1. The van der Waals surface area contributed by atoms with Crippen LogP contribution >= 0.6 is 0 Å². The number of nitrogens with two attached hydrogens (primary N) is 1. The maximum atomic E-state index is 12.0. The number of likely N-dealkylation sites (tertiary alicyclic amines) is 1. The molecule has 5 nitrogen and oxygen atoms in total. The molecular weight excluding hydrogens is 301 g/mol. The van der Waals surface area contributed by atoms with Crippen LogP contribution in [0, 0.1) is 11.8 Å². The Morgan fingerprint density at radius 2 is 1.86 bits per heavy atom. The largest absolute Gasteiger partial charge is 0.490 e. The van der Waals surface area contributed by atoms with Gasteiger partial charge in [0.2, 0.25) is 5.91 Å². The maximum absolute atomic E-state index is 12.0. The number of rotatable bonds is 4. The Balaban J connectivity index is 0.000000534. The van der Waals surface area contributed by atoms with Gasteiger partial charge in [-0.2, -0.15) is 13.2 Å². The molecule has 1 unspecified atom stereocenters. The second kappa shape index (κ2) is 8.97. The van der Waals surface area contributed by atoms with E-state index in [1.807, 2.05) is 4.90 Å². The minimum Gasteiger partial charge on any atom is -0.475 e. The number of nitrogens with zero attached hydrogens (tertiary/aromatic N) is 1. The number of hydrogen-bond donors (Lipinski definition) is 2. The van der Waals surface area contributed by atoms with Gasteiger partial charge in [-0.05, 0) is 18.3 Å². The highest BCUT2D eigenvalue weighted by Crippen LogP contribution is 2.20. The first-order valence-electron chi connectivity index (χ1n) is 7.38. The van der Waals surface area contributed by atoms with Crippen molar-refractivity contribution in [2.75, 3.05) is 13.1 Å². The van der Waals surface area contributed by atoms with Gasteiger partial charge < -0.3 is 15.7 Å². The molecule has 0 aromatic heterocycles. The lowest BCUT2D eigenvalue weighted by Crippen LogP contribution is -2.46. The standard InChI is InChI=1S/C12H24N2O.C2HF3O2/c1-4-9(3)11(13)12(15)14-7-6-10(5-2)8-14;3-2(4,5)1(6)7/h9-11H,4-8,13H2,1-3H3;(H,6,7)/t9-,10?,11+;/m1./s1. The first-order valence-corrected chi connectivity index (χ1v) is 7.38. The zero-order valence-corrected chi connectivity index (χ0v) is 13.2. The highest BCUT2D eigenvalue weighted by atomic mass is 19.4. The van der Waals surface area contributed by atoms with Crippen molar-refractivity contribution in [1.29, 1.82) is 0 Å². The van der Waals surface area contributed by atoms with Crippen LogP contribution in [-0.4, -0.2) is 47.2 Å². The topological polar surface area (TPSA) is 83.6 Å². The third-order valence-corrected chi connectivity index (χ3v) is 3.96. The second-order valence-electron chi connectivity index (χ2n) is 5.56. The lowest BCUT2D eigenvalue weighted by Gasteiger charge is -2.24. The van der Waals surface area contributed by atoms with Crippen molar-refractivity contribution < 1.29 is 27.9 Å². The molecule has 1 amide bonds. The van der Waals surface area contributed by atoms with E-state index in [2.05, 4.69) is 20.8 Å². The predicted octanol–water partition coefficient (Wildman–Crippen LogP) is 2.25. The fraction of sp³-hybridized carbons (Fsp3) is 0.857. The van der Waals surface area contributed by atoms with Gasteiger partial charge in [0, 0.05) is 13.1 Å². The Bertz CT molecular complexity index is 375. The van der Waals surface area contributed by atoms with Crippen LogP contribution in [0.15, 0.2) is 0 Å². The van der Waals surface area contributed by atoms with Gasteiger partial charge in [0.25, 0.3) is 0 Å². The molecule has 1 heterocycles. The molecule has 0 radical (unpaired) electrons. The Labute approximate surface area is 128 Å². The lowest BCUT2D eigenvalue weighted by molar-refractivity contribution is -0.192. The molecule has 1 saturated heterocycles. The van der Waals surface area contributed by atoms with E-state index in [1.54, 1.807) is 0 Å². The molecule has 1 aliphatic rings. The van der Waals surface area contributed by atoms with Crippen LogP contribution in [0.25, 0.3) is 0 Å². The number of amides is 1. The van der Waals surface area contributed by atoms with Crippen LogP contribution in [0.1, 0.15) is 40.0 Å². The van der Waals surface area contributed by atoms with Gasteiger partial charge in [0.1, 0.15) is 0 Å². The molecule has 1 aliphatic heterocycles.